The Labute approximate surface area is 158 Å². The van der Waals surface area contributed by atoms with Gasteiger partial charge in [-0.1, -0.05) is 23.7 Å². The predicted molar refractivity (Wildman–Crippen MR) is 105 cm³/mol. The zero-order chi connectivity index (χ0) is 17.5. The molecule has 132 valence electrons. The predicted octanol–water partition coefficient (Wildman–Crippen LogP) is 4.46. The lowest BCUT2D eigenvalue weighted by atomic mass is 10.1. The van der Waals surface area contributed by atoms with Crippen molar-refractivity contribution in [3.05, 3.63) is 64.7 Å². The van der Waals surface area contributed by atoms with Gasteiger partial charge in [0.05, 0.1) is 0 Å². The molecule has 1 heterocycles. The van der Waals surface area contributed by atoms with Crippen molar-refractivity contribution < 1.29 is 4.79 Å². The number of nitrogens with zero attached hydrogens (tertiary/aromatic N) is 1. The zero-order valence-corrected chi connectivity index (χ0v) is 15.8. The fraction of sp³-hybridized carbons (Fsp3) is 0.350. The smallest absolute Gasteiger partial charge is 0.251 e. The maximum absolute atomic E-state index is 12.2. The lowest BCUT2D eigenvalue weighted by Crippen LogP contribution is -2.25. The van der Waals surface area contributed by atoms with Gasteiger partial charge in [0.25, 0.3) is 5.91 Å². The number of thioether (sulfide) groups is 1. The second-order valence-electron chi connectivity index (χ2n) is 6.24. The Morgan fingerprint density at radius 1 is 1.04 bits per heavy atom. The maximum atomic E-state index is 12.2. The normalized spacial score (nSPS) is 14.6. The molecule has 0 atom stereocenters. The molecule has 0 spiro atoms. The minimum absolute atomic E-state index is 0.00979. The average molecular weight is 375 g/mol. The topological polar surface area (TPSA) is 32.3 Å². The molecule has 0 bridgehead atoms. The molecule has 1 fully saturated rings. The third kappa shape index (κ3) is 5.77. The summed E-state index contributed by atoms with van der Waals surface area (Å²) in [6, 6.07) is 15.7. The Balaban J connectivity index is 1.40. The summed E-state index contributed by atoms with van der Waals surface area (Å²) >= 11 is 7.58. The summed E-state index contributed by atoms with van der Waals surface area (Å²) in [6.45, 7) is 4.00. The maximum Gasteiger partial charge on any atom is 0.251 e. The number of carbonyl (C=O) groups is 1. The third-order valence-corrected chi connectivity index (χ3v) is 5.56. The number of rotatable bonds is 7. The number of nitrogens with one attached hydrogen (secondary N) is 1. The van der Waals surface area contributed by atoms with Gasteiger partial charge < -0.3 is 5.32 Å². The summed E-state index contributed by atoms with van der Waals surface area (Å²) in [6.07, 6.45) is 2.60. The van der Waals surface area contributed by atoms with Gasteiger partial charge in [0, 0.05) is 34.3 Å². The van der Waals surface area contributed by atoms with Crippen molar-refractivity contribution in [1.82, 2.24) is 10.2 Å². The number of carbonyl (C=O) groups excluding carboxylic acids is 1. The highest BCUT2D eigenvalue weighted by molar-refractivity contribution is 7.99. The molecule has 0 radical (unpaired) electrons. The lowest BCUT2D eigenvalue weighted by Gasteiger charge is -2.14. The van der Waals surface area contributed by atoms with Crippen LogP contribution >= 0.6 is 23.4 Å². The quantitative estimate of drug-likeness (QED) is 0.573. The Morgan fingerprint density at radius 2 is 1.72 bits per heavy atom. The van der Waals surface area contributed by atoms with E-state index in [4.69, 9.17) is 11.6 Å². The molecular weight excluding hydrogens is 352 g/mol. The number of halogens is 1. The van der Waals surface area contributed by atoms with E-state index in [0.717, 1.165) is 27.8 Å². The van der Waals surface area contributed by atoms with Gasteiger partial charge in [0.1, 0.15) is 0 Å². The van der Waals surface area contributed by atoms with Gasteiger partial charge in [-0.2, -0.15) is 0 Å². The van der Waals surface area contributed by atoms with Crippen LogP contribution in [0.1, 0.15) is 28.8 Å². The first-order chi connectivity index (χ1) is 12.2. The van der Waals surface area contributed by atoms with Gasteiger partial charge in [-0.15, -0.1) is 11.8 Å². The van der Waals surface area contributed by atoms with Crippen LogP contribution in [0.25, 0.3) is 0 Å². The van der Waals surface area contributed by atoms with Crippen LogP contribution in [0.3, 0.4) is 0 Å². The third-order valence-electron chi connectivity index (χ3n) is 4.29. The van der Waals surface area contributed by atoms with E-state index >= 15 is 0 Å². The molecule has 0 aliphatic carbocycles. The number of amides is 1. The molecule has 25 heavy (non-hydrogen) atoms. The average Bonchev–Trinajstić information content (AvgIpc) is 3.14. The highest BCUT2D eigenvalue weighted by Gasteiger charge is 2.12. The minimum Gasteiger partial charge on any atom is -0.351 e. The summed E-state index contributed by atoms with van der Waals surface area (Å²) in [5.41, 5.74) is 2.00. The van der Waals surface area contributed by atoms with E-state index in [9.17, 15) is 4.79 Å². The Morgan fingerprint density at radius 3 is 2.40 bits per heavy atom. The van der Waals surface area contributed by atoms with E-state index in [-0.39, 0.29) is 5.91 Å². The first-order valence-electron chi connectivity index (χ1n) is 8.68. The van der Waals surface area contributed by atoms with E-state index in [1.165, 1.54) is 31.5 Å². The van der Waals surface area contributed by atoms with Crippen LogP contribution in [0.4, 0.5) is 0 Å². The second kappa shape index (κ2) is 9.27. The number of benzene rings is 2. The molecule has 1 aliphatic rings. The highest BCUT2D eigenvalue weighted by atomic mass is 35.5. The lowest BCUT2D eigenvalue weighted by molar-refractivity contribution is 0.0956. The van der Waals surface area contributed by atoms with Crippen molar-refractivity contribution in [2.24, 2.45) is 0 Å². The first kappa shape index (κ1) is 18.3. The summed E-state index contributed by atoms with van der Waals surface area (Å²) in [4.78, 5) is 15.8. The molecule has 0 aromatic heterocycles. The molecule has 1 aliphatic heterocycles. The van der Waals surface area contributed by atoms with E-state index in [1.54, 1.807) is 11.8 Å². The van der Waals surface area contributed by atoms with Gasteiger partial charge >= 0.3 is 0 Å². The van der Waals surface area contributed by atoms with E-state index in [0.29, 0.717) is 6.54 Å². The standard InChI is InChI=1S/C20H23ClN2OS/c21-18-7-9-19(10-8-18)25-14-11-22-20(24)17-5-3-16(4-6-17)15-23-12-1-2-13-23/h3-10H,1-2,11-15H2,(H,22,24). The summed E-state index contributed by atoms with van der Waals surface area (Å²) in [7, 11) is 0. The number of hydrogen-bond acceptors (Lipinski definition) is 3. The van der Waals surface area contributed by atoms with Crippen molar-refractivity contribution in [3.8, 4) is 0 Å². The van der Waals surface area contributed by atoms with Crippen LogP contribution < -0.4 is 5.32 Å². The van der Waals surface area contributed by atoms with Crippen molar-refractivity contribution >= 4 is 29.3 Å². The van der Waals surface area contributed by atoms with Crippen molar-refractivity contribution in [2.45, 2.75) is 24.3 Å². The molecule has 2 aromatic carbocycles. The Bertz CT molecular complexity index is 682. The zero-order valence-electron chi connectivity index (χ0n) is 14.2. The van der Waals surface area contributed by atoms with Crippen molar-refractivity contribution in [1.29, 1.82) is 0 Å². The molecule has 3 nitrogen and oxygen atoms in total. The van der Waals surface area contributed by atoms with Crippen molar-refractivity contribution in [2.75, 3.05) is 25.4 Å². The monoisotopic (exact) mass is 374 g/mol. The van der Waals surface area contributed by atoms with Gasteiger partial charge in [0.15, 0.2) is 0 Å². The molecular formula is C20H23ClN2OS. The van der Waals surface area contributed by atoms with Crippen LogP contribution in [0.15, 0.2) is 53.4 Å². The van der Waals surface area contributed by atoms with Crippen LogP contribution in [-0.2, 0) is 6.54 Å². The fourth-order valence-corrected chi connectivity index (χ4v) is 3.82. The highest BCUT2D eigenvalue weighted by Crippen LogP contribution is 2.19. The molecule has 1 N–H and O–H groups in total. The van der Waals surface area contributed by atoms with Gasteiger partial charge in [-0.05, 0) is 67.9 Å². The number of hydrogen-bond donors (Lipinski definition) is 1. The second-order valence-corrected chi connectivity index (χ2v) is 7.84. The summed E-state index contributed by atoms with van der Waals surface area (Å²) in [5.74, 6) is 0.824. The van der Waals surface area contributed by atoms with Crippen molar-refractivity contribution in [3.63, 3.8) is 0 Å². The minimum atomic E-state index is -0.00979. The van der Waals surface area contributed by atoms with Gasteiger partial charge in [0.2, 0.25) is 0 Å². The van der Waals surface area contributed by atoms with E-state index in [2.05, 4.69) is 22.3 Å². The van der Waals surface area contributed by atoms with Crippen LogP contribution in [0.2, 0.25) is 5.02 Å². The van der Waals surface area contributed by atoms with Gasteiger partial charge in [-0.3, -0.25) is 9.69 Å². The van der Waals surface area contributed by atoms with Gasteiger partial charge in [-0.25, -0.2) is 0 Å². The molecule has 5 heteroatoms. The molecule has 3 rings (SSSR count). The largest absolute Gasteiger partial charge is 0.351 e. The Kier molecular flexibility index (Phi) is 6.79. The van der Waals surface area contributed by atoms with Crippen LogP contribution in [-0.4, -0.2) is 36.2 Å². The number of likely N-dealkylation sites (tertiary alicyclic amines) is 1. The van der Waals surface area contributed by atoms with Crippen LogP contribution in [0.5, 0.6) is 0 Å². The van der Waals surface area contributed by atoms with E-state index in [1.807, 2.05) is 36.4 Å². The van der Waals surface area contributed by atoms with Crippen LogP contribution in [0, 0.1) is 0 Å². The first-order valence-corrected chi connectivity index (χ1v) is 10.0. The summed E-state index contributed by atoms with van der Waals surface area (Å²) < 4.78 is 0. The molecule has 1 saturated heterocycles. The fourth-order valence-electron chi connectivity index (χ4n) is 2.93. The Hall–Kier alpha value is -1.49. The summed E-state index contributed by atoms with van der Waals surface area (Å²) in [5, 5.41) is 3.72. The molecule has 0 saturated carbocycles. The molecule has 0 unspecified atom stereocenters. The SMILES string of the molecule is O=C(NCCSc1ccc(Cl)cc1)c1ccc(CN2CCCC2)cc1. The van der Waals surface area contributed by atoms with E-state index < -0.39 is 0 Å². The molecule has 1 amide bonds. The molecule has 2 aromatic rings.